The van der Waals surface area contributed by atoms with Crippen LogP contribution in [0.25, 0.3) is 0 Å². The Labute approximate surface area is 109 Å². The average Bonchev–Trinajstić information content (AvgIpc) is 2.20. The molecule has 15 heavy (non-hydrogen) atoms. The van der Waals surface area contributed by atoms with Gasteiger partial charge < -0.3 is 0 Å². The topological polar surface area (TPSA) is 12.0 Å². The van der Waals surface area contributed by atoms with Gasteiger partial charge in [0.15, 0.2) is 0 Å². The first-order valence-electron chi connectivity index (χ1n) is 6.24. The molecule has 0 aliphatic heterocycles. The summed E-state index contributed by atoms with van der Waals surface area (Å²) in [6, 6.07) is 0. The van der Waals surface area contributed by atoms with Gasteiger partial charge in [0.25, 0.3) is 0 Å². The molecule has 1 nitrogen and oxygen atoms in total. The number of hydrogen-bond acceptors (Lipinski definition) is 1. The summed E-state index contributed by atoms with van der Waals surface area (Å²) in [5, 5.41) is 3.17. The van der Waals surface area contributed by atoms with E-state index in [1.54, 1.807) is 0 Å². The zero-order valence-electron chi connectivity index (χ0n) is 9.93. The van der Waals surface area contributed by atoms with Gasteiger partial charge in [0.1, 0.15) is 0 Å². The first-order valence-corrected chi connectivity index (χ1v) is 7.58. The fourth-order valence-electron chi connectivity index (χ4n) is 1.63. The molecule has 0 rings (SSSR count). The number of unbranched alkanes of at least 4 members (excludes halogenated alkanes) is 8. The zero-order chi connectivity index (χ0) is 11.4. The summed E-state index contributed by atoms with van der Waals surface area (Å²) in [4.78, 5) is 0. The molecular weight excluding hydrogens is 269 g/mol. The van der Waals surface area contributed by atoms with E-state index in [0.717, 1.165) is 10.4 Å². The summed E-state index contributed by atoms with van der Waals surface area (Å²) < 4.78 is 0.863. The van der Waals surface area contributed by atoms with Crippen molar-refractivity contribution in [3.05, 3.63) is 0 Å². The second-order valence-corrected chi connectivity index (χ2v) is 6.07. The molecule has 0 amide bonds. The third kappa shape index (κ3) is 14.4. The van der Waals surface area contributed by atoms with Gasteiger partial charge in [-0.1, -0.05) is 6.92 Å². The van der Waals surface area contributed by atoms with E-state index < -0.39 is 0 Å². The molecule has 90 valence electrons. The van der Waals surface area contributed by atoms with Crippen LogP contribution < -0.4 is 5.32 Å². The Bertz CT molecular complexity index is 151. The molecule has 0 aromatic heterocycles. The summed E-state index contributed by atoms with van der Waals surface area (Å²) in [5.41, 5.74) is 0. The molecule has 0 atom stereocenters. The Morgan fingerprint density at radius 2 is 1.40 bits per heavy atom. The number of thiocarbonyl (C=S) groups is 1. The molecule has 0 bridgehead atoms. The van der Waals surface area contributed by atoms with Crippen LogP contribution >= 0.6 is 12.2 Å². The Morgan fingerprint density at radius 1 is 0.933 bits per heavy atom. The third-order valence-corrected chi connectivity index (χ3v) is 3.03. The molecule has 0 radical (unpaired) electrons. The van der Waals surface area contributed by atoms with E-state index in [1.165, 1.54) is 57.8 Å². The van der Waals surface area contributed by atoms with E-state index in [0.29, 0.717) is 0 Å². The third-order valence-electron chi connectivity index (χ3n) is 2.56. The predicted octanol–water partition coefficient (Wildman–Crippen LogP) is 3.29. The van der Waals surface area contributed by atoms with E-state index in [4.69, 9.17) is 12.2 Å². The molecule has 0 aliphatic rings. The Balaban J connectivity index is 2.89. The van der Waals surface area contributed by atoms with Crippen LogP contribution in [0.2, 0.25) is 0 Å². The summed E-state index contributed by atoms with van der Waals surface area (Å²) >= 11 is 7.29. The van der Waals surface area contributed by atoms with Crippen molar-refractivity contribution in [1.29, 1.82) is 0 Å². The van der Waals surface area contributed by atoms with Crippen molar-refractivity contribution in [3.63, 3.8) is 0 Å². The van der Waals surface area contributed by atoms with Gasteiger partial charge in [-0.2, -0.15) is 0 Å². The van der Waals surface area contributed by atoms with Crippen LogP contribution in [-0.2, 0) is 0 Å². The van der Waals surface area contributed by atoms with E-state index in [1.807, 2.05) is 0 Å². The summed E-state index contributed by atoms with van der Waals surface area (Å²) in [6.07, 6.45) is 12.5. The van der Waals surface area contributed by atoms with Crippen LogP contribution in [0.5, 0.6) is 0 Å². The number of hydrogen-bond donors (Lipinski definition) is 1. The maximum absolute atomic E-state index is 4.92. The Hall–Kier alpha value is 0.409. The van der Waals surface area contributed by atoms with Gasteiger partial charge in [-0.25, -0.2) is 0 Å². The van der Waals surface area contributed by atoms with Crippen LogP contribution in [0.15, 0.2) is 0 Å². The molecule has 0 heterocycles. The molecule has 0 aromatic rings. The predicted molar refractivity (Wildman–Crippen MR) is 75.0 cm³/mol. The summed E-state index contributed by atoms with van der Waals surface area (Å²) in [6.45, 7) is 3.31. The van der Waals surface area contributed by atoms with Gasteiger partial charge >= 0.3 is 102 Å². The fraction of sp³-hybridized carbons (Fsp3) is 0.917. The van der Waals surface area contributed by atoms with E-state index >= 15 is 0 Å². The second kappa shape index (κ2) is 12.5. The number of nitrogens with one attached hydrogen (secondary N) is 1. The molecule has 0 saturated carbocycles. The van der Waals surface area contributed by atoms with Crippen molar-refractivity contribution in [2.75, 3.05) is 6.54 Å². The molecule has 0 aromatic carbocycles. The molecule has 1 N–H and O–H groups in total. The Morgan fingerprint density at radius 3 is 1.87 bits per heavy atom. The molecule has 0 spiro atoms. The normalized spacial score (nSPS) is 10.3. The second-order valence-electron chi connectivity index (χ2n) is 4.06. The van der Waals surface area contributed by atoms with Gasteiger partial charge in [-0.3, -0.25) is 0 Å². The molecular formula is C12H25NSSe. The van der Waals surface area contributed by atoms with E-state index in [2.05, 4.69) is 28.3 Å². The van der Waals surface area contributed by atoms with Gasteiger partial charge in [-0.15, -0.1) is 0 Å². The quantitative estimate of drug-likeness (QED) is 0.377. The monoisotopic (exact) mass is 295 g/mol. The van der Waals surface area contributed by atoms with E-state index in [-0.39, 0.29) is 0 Å². The van der Waals surface area contributed by atoms with Crippen molar-refractivity contribution >= 4 is 32.1 Å². The van der Waals surface area contributed by atoms with E-state index in [9.17, 15) is 0 Å². The standard InChI is InChI=1S/C12H25NSSe/c1-2-3-4-5-6-7-8-9-10-11-13-12(14)15/h2-11H2,1H3,(H2,13,14,15). The number of rotatable bonds is 10. The van der Waals surface area contributed by atoms with Gasteiger partial charge in [-0.05, 0) is 0 Å². The molecule has 0 fully saturated rings. The van der Waals surface area contributed by atoms with Crippen molar-refractivity contribution in [1.82, 2.24) is 5.32 Å². The van der Waals surface area contributed by atoms with Crippen molar-refractivity contribution in [2.24, 2.45) is 0 Å². The summed E-state index contributed by atoms with van der Waals surface area (Å²) in [5.74, 6) is 0. The zero-order valence-corrected chi connectivity index (χ0v) is 12.6. The SMILES string of the molecule is CCCCCCCCCCCNC(=S)[SeH]. The molecule has 0 unspecified atom stereocenters. The molecule has 0 saturated heterocycles. The average molecular weight is 294 g/mol. The maximum atomic E-state index is 4.92. The van der Waals surface area contributed by atoms with Crippen LogP contribution in [0.4, 0.5) is 0 Å². The minimum absolute atomic E-state index is 0.863. The van der Waals surface area contributed by atoms with Crippen LogP contribution in [0, 0.1) is 0 Å². The van der Waals surface area contributed by atoms with Crippen molar-refractivity contribution < 1.29 is 0 Å². The van der Waals surface area contributed by atoms with Gasteiger partial charge in [0, 0.05) is 0 Å². The summed E-state index contributed by atoms with van der Waals surface area (Å²) in [7, 11) is 0. The van der Waals surface area contributed by atoms with Crippen LogP contribution in [0.3, 0.4) is 0 Å². The molecule has 0 aliphatic carbocycles. The van der Waals surface area contributed by atoms with Gasteiger partial charge in [0.05, 0.1) is 0 Å². The van der Waals surface area contributed by atoms with Gasteiger partial charge in [0.2, 0.25) is 0 Å². The minimum atomic E-state index is 0.863. The van der Waals surface area contributed by atoms with Crippen LogP contribution in [0.1, 0.15) is 64.7 Å². The van der Waals surface area contributed by atoms with Crippen molar-refractivity contribution in [2.45, 2.75) is 64.7 Å². The fourth-order valence-corrected chi connectivity index (χ4v) is 1.97. The van der Waals surface area contributed by atoms with Crippen LogP contribution in [-0.4, -0.2) is 26.4 Å². The molecule has 3 heteroatoms. The van der Waals surface area contributed by atoms with Crippen molar-refractivity contribution in [3.8, 4) is 0 Å². The Kier molecular flexibility index (Phi) is 12.8. The first-order chi connectivity index (χ1) is 7.27. The first kappa shape index (κ1) is 15.4.